The summed E-state index contributed by atoms with van der Waals surface area (Å²) in [5.74, 6) is 0.578. The molecular formula is C19H21NO8. The van der Waals surface area contributed by atoms with E-state index in [4.69, 9.17) is 23.7 Å². The van der Waals surface area contributed by atoms with Crippen molar-refractivity contribution < 1.29 is 38.4 Å². The number of carbonyl (C=O) groups excluding carboxylic acids is 2. The molecule has 0 unspecified atom stereocenters. The van der Waals surface area contributed by atoms with Gasteiger partial charge in [0.25, 0.3) is 0 Å². The Kier molecular flexibility index (Phi) is 4.86. The highest BCUT2D eigenvalue weighted by molar-refractivity contribution is 5.91. The van der Waals surface area contributed by atoms with Crippen molar-refractivity contribution in [1.29, 1.82) is 0 Å². The largest absolute Gasteiger partial charge is 0.469 e. The van der Waals surface area contributed by atoms with Crippen LogP contribution in [0.3, 0.4) is 0 Å². The molecule has 1 fully saturated rings. The van der Waals surface area contributed by atoms with Crippen LogP contribution in [0.25, 0.3) is 0 Å². The average Bonchev–Trinajstić information content (AvgIpc) is 3.14. The van der Waals surface area contributed by atoms with Gasteiger partial charge in [-0.1, -0.05) is 12.7 Å². The van der Waals surface area contributed by atoms with Crippen LogP contribution < -0.4 is 14.4 Å². The zero-order valence-corrected chi connectivity index (χ0v) is 15.3. The summed E-state index contributed by atoms with van der Waals surface area (Å²) in [5, 5.41) is 10.9. The van der Waals surface area contributed by atoms with Gasteiger partial charge >= 0.3 is 12.1 Å². The predicted octanol–water partition coefficient (Wildman–Crippen LogP) is 1.68. The molecule has 0 radical (unpaired) electrons. The zero-order chi connectivity index (χ0) is 19.8. The number of benzene rings is 1. The van der Waals surface area contributed by atoms with Gasteiger partial charge in [0, 0.05) is 11.6 Å². The summed E-state index contributed by atoms with van der Waals surface area (Å²) in [6.45, 7) is 3.65. The van der Waals surface area contributed by atoms with Gasteiger partial charge in [-0.05, 0) is 12.5 Å². The number of methoxy groups -OCH3 is 1. The van der Waals surface area contributed by atoms with Crippen molar-refractivity contribution in [2.45, 2.75) is 37.2 Å². The second-order valence-corrected chi connectivity index (χ2v) is 6.75. The first-order valence-electron chi connectivity index (χ1n) is 8.94. The molecule has 4 rings (SSSR count). The van der Waals surface area contributed by atoms with E-state index in [1.807, 2.05) is 0 Å². The van der Waals surface area contributed by atoms with E-state index in [0.29, 0.717) is 22.7 Å². The van der Waals surface area contributed by atoms with Crippen molar-refractivity contribution in [1.82, 2.24) is 0 Å². The molecule has 1 amide bonds. The maximum Gasteiger partial charge on any atom is 0.414 e. The highest BCUT2D eigenvalue weighted by Crippen LogP contribution is 2.50. The summed E-state index contributed by atoms with van der Waals surface area (Å²) < 4.78 is 26.8. The lowest BCUT2D eigenvalue weighted by Gasteiger charge is -2.48. The number of rotatable bonds is 4. The second kappa shape index (κ2) is 7.33. The molecule has 0 aromatic heterocycles. The second-order valence-electron chi connectivity index (χ2n) is 6.75. The van der Waals surface area contributed by atoms with Gasteiger partial charge in [0.15, 0.2) is 11.5 Å². The van der Waals surface area contributed by atoms with Gasteiger partial charge in [-0.25, -0.2) is 4.79 Å². The molecule has 9 nitrogen and oxygen atoms in total. The topological polar surface area (TPSA) is 104 Å². The summed E-state index contributed by atoms with van der Waals surface area (Å²) in [6, 6.07) is 2.75. The van der Waals surface area contributed by atoms with Crippen molar-refractivity contribution in [2.75, 3.05) is 25.4 Å². The fraction of sp³-hybridized carbons (Fsp3) is 0.474. The number of aliphatic hydroxyl groups is 1. The van der Waals surface area contributed by atoms with Crippen LogP contribution in [0.4, 0.5) is 10.5 Å². The minimum Gasteiger partial charge on any atom is -0.469 e. The summed E-state index contributed by atoms with van der Waals surface area (Å²) in [7, 11) is 1.30. The number of amides is 1. The number of esters is 1. The third-order valence-electron chi connectivity index (χ3n) is 5.11. The number of anilines is 1. The molecule has 150 valence electrons. The number of hydrogen-bond acceptors (Lipinski definition) is 8. The van der Waals surface area contributed by atoms with Crippen LogP contribution >= 0.6 is 0 Å². The maximum atomic E-state index is 12.8. The maximum absolute atomic E-state index is 12.8. The quantitative estimate of drug-likeness (QED) is 0.611. The first kappa shape index (κ1) is 18.6. The molecular weight excluding hydrogens is 370 g/mol. The normalized spacial score (nSPS) is 27.0. The lowest BCUT2D eigenvalue weighted by molar-refractivity contribution is -0.158. The molecule has 4 atom stereocenters. The van der Waals surface area contributed by atoms with E-state index in [2.05, 4.69) is 6.58 Å². The van der Waals surface area contributed by atoms with Gasteiger partial charge in [-0.2, -0.15) is 0 Å². The lowest BCUT2D eigenvalue weighted by atomic mass is 9.84. The van der Waals surface area contributed by atoms with Crippen molar-refractivity contribution >= 4 is 17.7 Å². The molecule has 28 heavy (non-hydrogen) atoms. The zero-order valence-electron chi connectivity index (χ0n) is 15.3. The number of hydrogen-bond donors (Lipinski definition) is 1. The monoisotopic (exact) mass is 391 g/mol. The first-order valence-corrected chi connectivity index (χ1v) is 8.94. The lowest BCUT2D eigenvalue weighted by Crippen LogP contribution is -2.58. The fourth-order valence-electron chi connectivity index (χ4n) is 3.87. The van der Waals surface area contributed by atoms with E-state index in [0.717, 1.165) is 0 Å². The van der Waals surface area contributed by atoms with Crippen LogP contribution in [-0.2, 0) is 19.0 Å². The molecule has 1 aromatic carbocycles. The number of carbonyl (C=O) groups is 2. The highest BCUT2D eigenvalue weighted by Gasteiger charge is 2.50. The van der Waals surface area contributed by atoms with Crippen LogP contribution in [0.1, 0.15) is 24.5 Å². The molecule has 3 aliphatic rings. The Labute approximate surface area is 161 Å². The SMILES string of the molecule is C=CCOC(=O)N1c2cc3c(cc2[C@@H]2O[C@H](CC(=O)OC)C[C@@H]1[C@@H]2O)OCO3. The average molecular weight is 391 g/mol. The summed E-state index contributed by atoms with van der Waals surface area (Å²) >= 11 is 0. The van der Waals surface area contributed by atoms with Crippen LogP contribution in [0.5, 0.6) is 11.5 Å². The van der Waals surface area contributed by atoms with E-state index in [1.165, 1.54) is 18.1 Å². The van der Waals surface area contributed by atoms with Crippen LogP contribution in [0.15, 0.2) is 24.8 Å². The van der Waals surface area contributed by atoms with E-state index < -0.39 is 36.4 Å². The molecule has 1 saturated heterocycles. The van der Waals surface area contributed by atoms with Crippen molar-refractivity contribution in [3.63, 3.8) is 0 Å². The minimum absolute atomic E-state index is 0.0195. The smallest absolute Gasteiger partial charge is 0.414 e. The third kappa shape index (κ3) is 3.06. The Morgan fingerprint density at radius 3 is 2.82 bits per heavy atom. The van der Waals surface area contributed by atoms with Crippen LogP contribution in [-0.4, -0.2) is 55.9 Å². The molecule has 0 saturated carbocycles. The van der Waals surface area contributed by atoms with E-state index in [9.17, 15) is 14.7 Å². The van der Waals surface area contributed by atoms with Crippen LogP contribution in [0, 0.1) is 0 Å². The molecule has 1 aromatic rings. The molecule has 2 bridgehead atoms. The Bertz CT molecular complexity index is 809. The molecule has 0 aliphatic carbocycles. The third-order valence-corrected chi connectivity index (χ3v) is 5.11. The Balaban J connectivity index is 1.74. The van der Waals surface area contributed by atoms with Crippen molar-refractivity contribution in [3.8, 4) is 11.5 Å². The van der Waals surface area contributed by atoms with Gasteiger partial charge in [-0.15, -0.1) is 0 Å². The van der Waals surface area contributed by atoms with Gasteiger partial charge in [0.1, 0.15) is 18.8 Å². The van der Waals surface area contributed by atoms with Gasteiger partial charge in [0.2, 0.25) is 6.79 Å². The summed E-state index contributed by atoms with van der Waals surface area (Å²) in [4.78, 5) is 25.9. The van der Waals surface area contributed by atoms with E-state index >= 15 is 0 Å². The molecule has 3 aliphatic heterocycles. The van der Waals surface area contributed by atoms with Gasteiger partial charge in [0.05, 0.1) is 31.4 Å². The summed E-state index contributed by atoms with van der Waals surface area (Å²) in [5.41, 5.74) is 1.09. The van der Waals surface area contributed by atoms with E-state index in [1.54, 1.807) is 12.1 Å². The highest BCUT2D eigenvalue weighted by atomic mass is 16.7. The number of nitrogens with zero attached hydrogens (tertiary/aromatic N) is 1. The molecule has 9 heteroatoms. The predicted molar refractivity (Wildman–Crippen MR) is 95.2 cm³/mol. The number of fused-ring (bicyclic) bond motifs is 5. The first-order chi connectivity index (χ1) is 13.5. The number of ether oxygens (including phenoxy) is 5. The number of aliphatic hydroxyl groups excluding tert-OH is 1. The molecule has 0 spiro atoms. The van der Waals surface area contributed by atoms with Crippen LogP contribution in [0.2, 0.25) is 0 Å². The van der Waals surface area contributed by atoms with Crippen molar-refractivity contribution in [2.24, 2.45) is 0 Å². The Morgan fingerprint density at radius 2 is 2.11 bits per heavy atom. The minimum atomic E-state index is -0.988. The molecule has 3 heterocycles. The Hall–Kier alpha value is -2.78. The van der Waals surface area contributed by atoms with Gasteiger partial charge < -0.3 is 28.8 Å². The van der Waals surface area contributed by atoms with Gasteiger partial charge in [-0.3, -0.25) is 9.69 Å². The van der Waals surface area contributed by atoms with E-state index in [-0.39, 0.29) is 26.2 Å². The standard InChI is InChI=1S/C19H21NO8/c1-3-4-25-19(23)20-12-8-15-14(26-9-27-15)7-11(12)18-17(22)13(20)5-10(28-18)6-16(21)24-2/h3,7-8,10,13,17-18,22H,1,4-6,9H2,2H3/t10-,13+,17-,18-/m0/s1. The van der Waals surface area contributed by atoms with Crippen molar-refractivity contribution in [3.05, 3.63) is 30.4 Å². The Morgan fingerprint density at radius 1 is 1.36 bits per heavy atom. The fourth-order valence-corrected chi connectivity index (χ4v) is 3.87. The molecule has 1 N–H and O–H groups in total. The summed E-state index contributed by atoms with van der Waals surface area (Å²) in [6.07, 6.45) is -1.11.